The molecule has 0 amide bonds. The quantitative estimate of drug-likeness (QED) is 0.490. The van der Waals surface area contributed by atoms with Gasteiger partial charge in [0.1, 0.15) is 0 Å². The van der Waals surface area contributed by atoms with Crippen molar-refractivity contribution in [2.45, 2.75) is 0 Å². The first kappa shape index (κ1) is 17.1. The highest BCUT2D eigenvalue weighted by Crippen LogP contribution is 2.06. The molecule has 0 spiro atoms. The number of ether oxygens (including phenoxy) is 1. The average Bonchev–Trinajstić information content (AvgIpc) is 2.72. The summed E-state index contributed by atoms with van der Waals surface area (Å²) in [7, 11) is 1.37. The van der Waals surface area contributed by atoms with Crippen LogP contribution in [-0.4, -0.2) is 13.1 Å². The molecule has 0 saturated heterocycles. The Bertz CT molecular complexity index is 1010. The van der Waals surface area contributed by atoms with Crippen LogP contribution in [0.3, 0.4) is 0 Å². The van der Waals surface area contributed by atoms with Gasteiger partial charge in [-0.2, -0.15) is 0 Å². The van der Waals surface area contributed by atoms with Gasteiger partial charge in [0.05, 0.1) is 12.7 Å². The summed E-state index contributed by atoms with van der Waals surface area (Å²) < 4.78 is 4.68. The van der Waals surface area contributed by atoms with Gasteiger partial charge >= 0.3 is 5.97 Å². The fraction of sp³-hybridized carbons (Fsp3) is 0.0417. The van der Waals surface area contributed by atoms with Gasteiger partial charge in [-0.3, -0.25) is 0 Å². The minimum absolute atomic E-state index is 0.350. The third kappa shape index (κ3) is 4.63. The fourth-order valence-corrected chi connectivity index (χ4v) is 2.25. The molecular weight excluding hydrogens is 320 g/mol. The first-order valence-electron chi connectivity index (χ1n) is 8.12. The Hall–Kier alpha value is -3.75. The maximum atomic E-state index is 11.4. The number of carbonyl (C=O) groups excluding carboxylic acids is 1. The van der Waals surface area contributed by atoms with Crippen LogP contribution >= 0.6 is 0 Å². The van der Waals surface area contributed by atoms with Crippen LogP contribution in [0.15, 0.2) is 78.9 Å². The summed E-state index contributed by atoms with van der Waals surface area (Å²) in [5.74, 6) is 12.1. The molecule has 3 rings (SSSR count). The first-order valence-corrected chi connectivity index (χ1v) is 8.12. The molecule has 0 fully saturated rings. The van der Waals surface area contributed by atoms with Crippen LogP contribution in [0, 0.1) is 23.7 Å². The van der Waals surface area contributed by atoms with Crippen molar-refractivity contribution in [1.82, 2.24) is 0 Å². The third-order valence-corrected chi connectivity index (χ3v) is 3.67. The number of methoxy groups -OCH3 is 1. The Labute approximate surface area is 153 Å². The summed E-state index contributed by atoms with van der Waals surface area (Å²) in [5.41, 5.74) is 4.20. The number of esters is 1. The zero-order valence-electron chi connectivity index (χ0n) is 14.3. The number of rotatable bonds is 1. The number of carbonyl (C=O) groups is 1. The van der Waals surface area contributed by atoms with Crippen LogP contribution in [0.25, 0.3) is 0 Å². The molecule has 2 nitrogen and oxygen atoms in total. The Morgan fingerprint density at radius 1 is 0.615 bits per heavy atom. The molecule has 124 valence electrons. The maximum Gasteiger partial charge on any atom is 0.337 e. The van der Waals surface area contributed by atoms with Crippen molar-refractivity contribution < 1.29 is 9.53 Å². The second-order valence-electron chi connectivity index (χ2n) is 5.51. The van der Waals surface area contributed by atoms with Crippen LogP contribution in [0.1, 0.15) is 32.6 Å². The van der Waals surface area contributed by atoms with E-state index in [2.05, 4.69) is 28.4 Å². The molecule has 0 aromatic heterocycles. The molecule has 0 bridgehead atoms. The molecular formula is C24H16O2. The lowest BCUT2D eigenvalue weighted by Crippen LogP contribution is -2.00. The van der Waals surface area contributed by atoms with Gasteiger partial charge in [-0.25, -0.2) is 4.79 Å². The van der Waals surface area contributed by atoms with E-state index in [4.69, 9.17) is 0 Å². The van der Waals surface area contributed by atoms with Crippen molar-refractivity contribution in [1.29, 1.82) is 0 Å². The normalized spacial score (nSPS) is 9.27. The van der Waals surface area contributed by atoms with Crippen LogP contribution in [-0.2, 0) is 4.74 Å². The highest BCUT2D eigenvalue weighted by Gasteiger charge is 2.03. The lowest BCUT2D eigenvalue weighted by Gasteiger charge is -1.98. The number of benzene rings is 3. The topological polar surface area (TPSA) is 26.3 Å². The minimum atomic E-state index is -0.350. The summed E-state index contributed by atoms with van der Waals surface area (Å²) in [5, 5.41) is 0. The second-order valence-corrected chi connectivity index (χ2v) is 5.51. The van der Waals surface area contributed by atoms with E-state index in [-0.39, 0.29) is 5.97 Å². The van der Waals surface area contributed by atoms with Crippen molar-refractivity contribution in [2.75, 3.05) is 7.11 Å². The van der Waals surface area contributed by atoms with Gasteiger partial charge in [0, 0.05) is 22.3 Å². The predicted molar refractivity (Wildman–Crippen MR) is 103 cm³/mol. The molecule has 0 N–H and O–H groups in total. The molecule has 3 aromatic carbocycles. The molecule has 0 atom stereocenters. The molecule has 0 aliphatic carbocycles. The van der Waals surface area contributed by atoms with Gasteiger partial charge in [0.2, 0.25) is 0 Å². The van der Waals surface area contributed by atoms with Crippen LogP contribution in [0.2, 0.25) is 0 Å². The van der Waals surface area contributed by atoms with Gasteiger partial charge < -0.3 is 4.74 Å². The zero-order chi connectivity index (χ0) is 18.2. The lowest BCUT2D eigenvalue weighted by atomic mass is 10.1. The predicted octanol–water partition coefficient (Wildman–Crippen LogP) is 4.27. The summed E-state index contributed by atoms with van der Waals surface area (Å²) in [6.07, 6.45) is 0. The number of hydrogen-bond acceptors (Lipinski definition) is 2. The zero-order valence-corrected chi connectivity index (χ0v) is 14.3. The van der Waals surface area contributed by atoms with E-state index in [0.717, 1.165) is 22.3 Å². The van der Waals surface area contributed by atoms with Crippen LogP contribution in [0.5, 0.6) is 0 Å². The van der Waals surface area contributed by atoms with Gasteiger partial charge in [-0.05, 0) is 60.7 Å². The molecule has 3 aromatic rings. The molecule has 0 unspecified atom stereocenters. The molecule has 0 aliphatic heterocycles. The highest BCUT2D eigenvalue weighted by molar-refractivity contribution is 5.89. The van der Waals surface area contributed by atoms with Crippen LogP contribution < -0.4 is 0 Å². The summed E-state index contributed by atoms with van der Waals surface area (Å²) in [6, 6.07) is 24.7. The Balaban J connectivity index is 1.69. The molecule has 0 radical (unpaired) electrons. The van der Waals surface area contributed by atoms with E-state index < -0.39 is 0 Å². The standard InChI is InChI=1S/C24H16O2/c1-26-24(25)23-17-15-22(16-18-23)14-13-21-11-9-20(10-12-21)8-7-19-5-3-2-4-6-19/h2-6,9-12,15-18H,1H3. The molecule has 0 saturated carbocycles. The van der Waals surface area contributed by atoms with Crippen molar-refractivity contribution in [3.05, 3.63) is 107 Å². The molecule has 26 heavy (non-hydrogen) atoms. The second kappa shape index (κ2) is 8.38. The monoisotopic (exact) mass is 336 g/mol. The summed E-state index contributed by atoms with van der Waals surface area (Å²) in [6.45, 7) is 0. The Morgan fingerprint density at radius 3 is 1.42 bits per heavy atom. The first-order chi connectivity index (χ1) is 12.7. The molecule has 0 aliphatic rings. The van der Waals surface area contributed by atoms with Gasteiger partial charge in [0.15, 0.2) is 0 Å². The smallest absolute Gasteiger partial charge is 0.337 e. The fourth-order valence-electron chi connectivity index (χ4n) is 2.25. The Kier molecular flexibility index (Phi) is 5.51. The van der Waals surface area contributed by atoms with Gasteiger partial charge in [0.25, 0.3) is 0 Å². The molecule has 0 heterocycles. The van der Waals surface area contributed by atoms with Crippen molar-refractivity contribution in [2.24, 2.45) is 0 Å². The summed E-state index contributed by atoms with van der Waals surface area (Å²) >= 11 is 0. The number of hydrogen-bond donors (Lipinski definition) is 0. The third-order valence-electron chi connectivity index (χ3n) is 3.67. The van der Waals surface area contributed by atoms with E-state index in [1.54, 1.807) is 24.3 Å². The molecule has 2 heteroatoms. The highest BCUT2D eigenvalue weighted by atomic mass is 16.5. The summed E-state index contributed by atoms with van der Waals surface area (Å²) in [4.78, 5) is 11.4. The van der Waals surface area contributed by atoms with E-state index >= 15 is 0 Å². The van der Waals surface area contributed by atoms with Crippen LogP contribution in [0.4, 0.5) is 0 Å². The van der Waals surface area contributed by atoms with Gasteiger partial charge in [-0.15, -0.1) is 0 Å². The largest absolute Gasteiger partial charge is 0.465 e. The van der Waals surface area contributed by atoms with E-state index in [1.165, 1.54) is 7.11 Å². The van der Waals surface area contributed by atoms with Crippen molar-refractivity contribution in [3.8, 4) is 23.7 Å². The Morgan fingerprint density at radius 2 is 1.00 bits per heavy atom. The van der Waals surface area contributed by atoms with E-state index in [1.807, 2.05) is 54.6 Å². The van der Waals surface area contributed by atoms with Gasteiger partial charge in [-0.1, -0.05) is 41.9 Å². The van der Waals surface area contributed by atoms with Crippen molar-refractivity contribution in [3.63, 3.8) is 0 Å². The van der Waals surface area contributed by atoms with Crippen molar-refractivity contribution >= 4 is 5.97 Å². The SMILES string of the molecule is COC(=O)c1ccc(C#Cc2ccc(C#Cc3ccccc3)cc2)cc1. The average molecular weight is 336 g/mol. The minimum Gasteiger partial charge on any atom is -0.465 e. The van der Waals surface area contributed by atoms with E-state index in [0.29, 0.717) is 5.56 Å². The lowest BCUT2D eigenvalue weighted by molar-refractivity contribution is 0.0600. The van der Waals surface area contributed by atoms with E-state index in [9.17, 15) is 4.79 Å². The maximum absolute atomic E-state index is 11.4.